The van der Waals surface area contributed by atoms with Gasteiger partial charge in [0.25, 0.3) is 11.8 Å². The summed E-state index contributed by atoms with van der Waals surface area (Å²) in [5, 5.41) is 2.41. The average Bonchev–Trinajstić information content (AvgIpc) is 3.22. The van der Waals surface area contributed by atoms with Gasteiger partial charge in [0.15, 0.2) is 16.6 Å². The standard InChI is InChI=1S/C17H20N4O5S/c1-24-13-5-3-4-11(14(13)25-2)15(22)19-20-16(23)12-10-27-17(18-12)21-6-8-26-9-7-21/h3-5,10H,6-9H2,1-2H3,(H,19,22)(H,20,23). The van der Waals surface area contributed by atoms with E-state index in [2.05, 4.69) is 20.7 Å². The lowest BCUT2D eigenvalue weighted by Gasteiger charge is -2.25. The minimum Gasteiger partial charge on any atom is -0.493 e. The molecule has 2 amide bonds. The molecule has 0 unspecified atom stereocenters. The number of methoxy groups -OCH3 is 2. The van der Waals surface area contributed by atoms with E-state index >= 15 is 0 Å². The van der Waals surface area contributed by atoms with Crippen molar-refractivity contribution in [1.29, 1.82) is 0 Å². The number of anilines is 1. The molecule has 10 heteroatoms. The maximum atomic E-state index is 12.4. The van der Waals surface area contributed by atoms with Gasteiger partial charge in [-0.15, -0.1) is 11.3 Å². The van der Waals surface area contributed by atoms with Crippen LogP contribution in [0.3, 0.4) is 0 Å². The Morgan fingerprint density at radius 3 is 2.59 bits per heavy atom. The molecule has 0 atom stereocenters. The Morgan fingerprint density at radius 1 is 1.15 bits per heavy atom. The number of benzene rings is 1. The summed E-state index contributed by atoms with van der Waals surface area (Å²) in [6.45, 7) is 2.75. The van der Waals surface area contributed by atoms with Crippen molar-refractivity contribution < 1.29 is 23.8 Å². The summed E-state index contributed by atoms with van der Waals surface area (Å²) in [5.41, 5.74) is 5.21. The van der Waals surface area contributed by atoms with Gasteiger partial charge in [-0.05, 0) is 12.1 Å². The molecule has 2 aromatic rings. The molecule has 1 aliphatic heterocycles. The molecule has 1 saturated heterocycles. The number of nitrogens with one attached hydrogen (secondary N) is 2. The largest absolute Gasteiger partial charge is 0.493 e. The third-order valence-electron chi connectivity index (χ3n) is 3.94. The van der Waals surface area contributed by atoms with Crippen LogP contribution in [0.5, 0.6) is 11.5 Å². The number of ether oxygens (including phenoxy) is 3. The Hall–Kier alpha value is -2.85. The van der Waals surface area contributed by atoms with Crippen molar-refractivity contribution in [2.45, 2.75) is 0 Å². The molecule has 0 radical (unpaired) electrons. The lowest BCUT2D eigenvalue weighted by molar-refractivity contribution is 0.0842. The van der Waals surface area contributed by atoms with E-state index < -0.39 is 11.8 Å². The van der Waals surface area contributed by atoms with Crippen LogP contribution < -0.4 is 25.2 Å². The lowest BCUT2D eigenvalue weighted by Crippen LogP contribution is -2.42. The van der Waals surface area contributed by atoms with Crippen molar-refractivity contribution in [3.63, 3.8) is 0 Å². The first-order chi connectivity index (χ1) is 13.1. The zero-order chi connectivity index (χ0) is 19.2. The van der Waals surface area contributed by atoms with E-state index in [0.29, 0.717) is 19.0 Å². The zero-order valence-corrected chi connectivity index (χ0v) is 15.8. The monoisotopic (exact) mass is 392 g/mol. The number of hydrogen-bond donors (Lipinski definition) is 2. The van der Waals surface area contributed by atoms with Crippen molar-refractivity contribution >= 4 is 28.3 Å². The molecule has 27 heavy (non-hydrogen) atoms. The van der Waals surface area contributed by atoms with Gasteiger partial charge in [0, 0.05) is 18.5 Å². The van der Waals surface area contributed by atoms with Gasteiger partial charge in [-0.25, -0.2) is 4.98 Å². The number of carbonyl (C=O) groups excluding carboxylic acids is 2. The van der Waals surface area contributed by atoms with E-state index in [1.807, 2.05) is 0 Å². The molecular formula is C17H20N4O5S. The predicted octanol–water partition coefficient (Wildman–Crippen LogP) is 1.07. The van der Waals surface area contributed by atoms with E-state index in [-0.39, 0.29) is 17.0 Å². The Morgan fingerprint density at radius 2 is 1.89 bits per heavy atom. The van der Waals surface area contributed by atoms with Gasteiger partial charge >= 0.3 is 0 Å². The third kappa shape index (κ3) is 4.29. The molecule has 3 rings (SSSR count). The highest BCUT2D eigenvalue weighted by Crippen LogP contribution is 2.30. The number of thiazole rings is 1. The van der Waals surface area contributed by atoms with Gasteiger partial charge in [-0.2, -0.15) is 0 Å². The molecule has 0 bridgehead atoms. The minimum absolute atomic E-state index is 0.236. The summed E-state index contributed by atoms with van der Waals surface area (Å²) in [4.78, 5) is 31.0. The van der Waals surface area contributed by atoms with Crippen LogP contribution in [0.4, 0.5) is 5.13 Å². The molecule has 0 spiro atoms. The Balaban J connectivity index is 1.62. The first kappa shape index (κ1) is 18.9. The van der Waals surface area contributed by atoms with E-state index in [1.54, 1.807) is 23.6 Å². The van der Waals surface area contributed by atoms with E-state index in [9.17, 15) is 9.59 Å². The third-order valence-corrected chi connectivity index (χ3v) is 4.84. The van der Waals surface area contributed by atoms with Crippen molar-refractivity contribution in [2.75, 3.05) is 45.4 Å². The Bertz CT molecular complexity index is 819. The van der Waals surface area contributed by atoms with Crippen molar-refractivity contribution in [2.24, 2.45) is 0 Å². The van der Waals surface area contributed by atoms with Crippen LogP contribution in [0.15, 0.2) is 23.6 Å². The number of rotatable bonds is 5. The van der Waals surface area contributed by atoms with Crippen LogP contribution in [-0.4, -0.2) is 57.3 Å². The van der Waals surface area contributed by atoms with E-state index in [1.165, 1.54) is 25.6 Å². The van der Waals surface area contributed by atoms with Gasteiger partial charge in [-0.1, -0.05) is 6.07 Å². The number of carbonyl (C=O) groups is 2. The second-order valence-corrected chi connectivity index (χ2v) is 6.40. The van der Waals surface area contributed by atoms with Gasteiger partial charge in [0.2, 0.25) is 0 Å². The number of aromatic nitrogens is 1. The van der Waals surface area contributed by atoms with Crippen molar-refractivity contribution in [1.82, 2.24) is 15.8 Å². The molecule has 1 aliphatic rings. The summed E-state index contributed by atoms with van der Waals surface area (Å²) < 4.78 is 15.7. The zero-order valence-electron chi connectivity index (χ0n) is 15.0. The van der Waals surface area contributed by atoms with Gasteiger partial charge in [-0.3, -0.25) is 20.4 Å². The Kier molecular flexibility index (Phi) is 6.09. The Labute approximate surface area is 160 Å². The molecular weight excluding hydrogens is 372 g/mol. The summed E-state index contributed by atoms with van der Waals surface area (Å²) in [6, 6.07) is 4.91. The van der Waals surface area contributed by atoms with Gasteiger partial charge in [0.05, 0.1) is 33.0 Å². The van der Waals surface area contributed by atoms with Gasteiger partial charge < -0.3 is 19.1 Å². The normalized spacial score (nSPS) is 13.8. The first-order valence-corrected chi connectivity index (χ1v) is 9.12. The average molecular weight is 392 g/mol. The van der Waals surface area contributed by atoms with Gasteiger partial charge in [0.1, 0.15) is 5.69 Å². The minimum atomic E-state index is -0.525. The maximum absolute atomic E-state index is 12.4. The topological polar surface area (TPSA) is 102 Å². The summed E-state index contributed by atoms with van der Waals surface area (Å²) in [6.07, 6.45) is 0. The first-order valence-electron chi connectivity index (χ1n) is 8.24. The van der Waals surface area contributed by atoms with Crippen LogP contribution in [0.1, 0.15) is 20.8 Å². The molecule has 144 valence electrons. The fraction of sp³-hybridized carbons (Fsp3) is 0.353. The smallest absolute Gasteiger partial charge is 0.289 e. The second-order valence-electron chi connectivity index (χ2n) is 5.56. The second kappa shape index (κ2) is 8.69. The molecule has 1 aromatic carbocycles. The summed E-state index contributed by atoms with van der Waals surface area (Å²) >= 11 is 1.38. The highest BCUT2D eigenvalue weighted by molar-refractivity contribution is 7.13. The maximum Gasteiger partial charge on any atom is 0.289 e. The fourth-order valence-corrected chi connectivity index (χ4v) is 3.44. The number of amides is 2. The highest BCUT2D eigenvalue weighted by Gasteiger charge is 2.20. The summed E-state index contributed by atoms with van der Waals surface area (Å²) in [5.74, 6) is -0.315. The van der Waals surface area contributed by atoms with Crippen LogP contribution in [-0.2, 0) is 4.74 Å². The van der Waals surface area contributed by atoms with Crippen molar-refractivity contribution in [3.05, 3.63) is 34.8 Å². The van der Waals surface area contributed by atoms with E-state index in [4.69, 9.17) is 14.2 Å². The number of morpholine rings is 1. The van der Waals surface area contributed by atoms with Crippen LogP contribution in [0.2, 0.25) is 0 Å². The predicted molar refractivity (Wildman–Crippen MR) is 99.6 cm³/mol. The molecule has 1 fully saturated rings. The number of hydrogen-bond acceptors (Lipinski definition) is 8. The SMILES string of the molecule is COc1cccc(C(=O)NNC(=O)c2csc(N3CCOCC3)n2)c1OC. The number of para-hydroxylation sites is 1. The molecule has 0 saturated carbocycles. The number of nitrogens with zero attached hydrogens (tertiary/aromatic N) is 2. The molecule has 0 aliphatic carbocycles. The van der Waals surface area contributed by atoms with Crippen LogP contribution in [0.25, 0.3) is 0 Å². The molecule has 2 heterocycles. The highest BCUT2D eigenvalue weighted by atomic mass is 32.1. The van der Waals surface area contributed by atoms with Crippen molar-refractivity contribution in [3.8, 4) is 11.5 Å². The number of hydrazine groups is 1. The summed E-state index contributed by atoms with van der Waals surface area (Å²) in [7, 11) is 2.92. The molecule has 1 aromatic heterocycles. The van der Waals surface area contributed by atoms with E-state index in [0.717, 1.165) is 18.2 Å². The molecule has 9 nitrogen and oxygen atoms in total. The quantitative estimate of drug-likeness (QED) is 0.734. The fourth-order valence-electron chi connectivity index (χ4n) is 2.58. The molecule has 2 N–H and O–H groups in total. The van der Waals surface area contributed by atoms with Crippen LogP contribution >= 0.6 is 11.3 Å². The lowest BCUT2D eigenvalue weighted by atomic mass is 10.2. The van der Waals surface area contributed by atoms with Crippen LogP contribution in [0, 0.1) is 0 Å².